The van der Waals surface area contributed by atoms with E-state index < -0.39 is 5.92 Å². The summed E-state index contributed by atoms with van der Waals surface area (Å²) in [4.78, 5) is 15.0. The predicted molar refractivity (Wildman–Crippen MR) is 98.1 cm³/mol. The molecule has 1 aliphatic rings. The fourth-order valence-electron chi connectivity index (χ4n) is 2.87. The zero-order valence-electron chi connectivity index (χ0n) is 15.7. The van der Waals surface area contributed by atoms with E-state index in [1.807, 2.05) is 55.6 Å². The summed E-state index contributed by atoms with van der Waals surface area (Å²) in [5.41, 5.74) is 1.76. The summed E-state index contributed by atoms with van der Waals surface area (Å²) < 4.78 is 11.6. The second-order valence-electron chi connectivity index (χ2n) is 7.37. The first-order valence-electron chi connectivity index (χ1n) is 8.61. The molecule has 0 N–H and O–H groups in total. The highest BCUT2D eigenvalue weighted by Crippen LogP contribution is 2.44. The molecule has 0 aliphatic carbocycles. The second kappa shape index (κ2) is 8.11. The Labute approximate surface area is 161 Å². The molecule has 4 nitrogen and oxygen atoms in total. The van der Waals surface area contributed by atoms with Crippen molar-refractivity contribution in [3.8, 4) is 11.5 Å². The van der Waals surface area contributed by atoms with Gasteiger partial charge in [0.1, 0.15) is 24.0 Å². The first-order chi connectivity index (χ1) is 11.9. The van der Waals surface area contributed by atoms with Crippen LogP contribution in [0.25, 0.3) is 0 Å². The molecular formula is C21H25ClNO3-. The van der Waals surface area contributed by atoms with E-state index in [2.05, 4.69) is 25.7 Å². The summed E-state index contributed by atoms with van der Waals surface area (Å²) in [5, 5.41) is 0. The topological polar surface area (TPSA) is 38.8 Å². The van der Waals surface area contributed by atoms with Crippen LogP contribution < -0.4 is 17.1 Å². The minimum atomic E-state index is -0.443. The lowest BCUT2D eigenvalue weighted by Gasteiger charge is -2.32. The van der Waals surface area contributed by atoms with Crippen LogP contribution in [0.2, 0.25) is 0 Å². The van der Waals surface area contributed by atoms with Gasteiger partial charge < -0.3 is 21.9 Å². The van der Waals surface area contributed by atoms with Crippen molar-refractivity contribution in [3.63, 3.8) is 0 Å². The number of carbonyl (C=O) groups is 1. The SMILES string of the molecule is CN(CCOC(=O)C1c2ccccc2Oc2ccccc21)C(C)(C)C.[Cl-]. The van der Waals surface area contributed by atoms with E-state index in [-0.39, 0.29) is 23.9 Å². The van der Waals surface area contributed by atoms with Crippen LogP contribution in [0, 0.1) is 0 Å². The van der Waals surface area contributed by atoms with Crippen LogP contribution in [0.15, 0.2) is 48.5 Å². The Hall–Kier alpha value is -2.04. The van der Waals surface area contributed by atoms with Crippen molar-refractivity contribution in [3.05, 3.63) is 59.7 Å². The number of esters is 1. The third-order valence-corrected chi connectivity index (χ3v) is 4.73. The molecule has 0 aromatic heterocycles. The summed E-state index contributed by atoms with van der Waals surface area (Å²) in [5.74, 6) is 0.761. The van der Waals surface area contributed by atoms with Gasteiger partial charge in [0, 0.05) is 23.2 Å². The van der Waals surface area contributed by atoms with Gasteiger partial charge in [-0.2, -0.15) is 0 Å². The van der Waals surface area contributed by atoms with Gasteiger partial charge in [-0.05, 0) is 40.0 Å². The lowest BCUT2D eigenvalue weighted by Crippen LogP contribution is -3.00. The van der Waals surface area contributed by atoms with Crippen molar-refractivity contribution in [2.24, 2.45) is 0 Å². The molecular weight excluding hydrogens is 350 g/mol. The smallest absolute Gasteiger partial charge is 0.318 e. The molecule has 0 amide bonds. The molecule has 0 bridgehead atoms. The molecule has 0 saturated carbocycles. The lowest BCUT2D eigenvalue weighted by atomic mass is 9.88. The number of benzene rings is 2. The zero-order chi connectivity index (χ0) is 18.0. The van der Waals surface area contributed by atoms with Gasteiger partial charge in [-0.15, -0.1) is 0 Å². The normalized spacial score (nSPS) is 13.3. The largest absolute Gasteiger partial charge is 1.00 e. The van der Waals surface area contributed by atoms with Gasteiger partial charge in [0.05, 0.1) is 0 Å². The molecule has 0 atom stereocenters. The Kier molecular flexibility index (Phi) is 6.32. The Bertz CT molecular complexity index is 724. The third-order valence-electron chi connectivity index (χ3n) is 4.73. The molecule has 26 heavy (non-hydrogen) atoms. The molecule has 0 radical (unpaired) electrons. The first-order valence-corrected chi connectivity index (χ1v) is 8.61. The van der Waals surface area contributed by atoms with Crippen LogP contribution in [0.5, 0.6) is 11.5 Å². The predicted octanol–water partition coefficient (Wildman–Crippen LogP) is 1.20. The monoisotopic (exact) mass is 374 g/mol. The van der Waals surface area contributed by atoms with E-state index in [9.17, 15) is 4.79 Å². The van der Waals surface area contributed by atoms with E-state index in [1.54, 1.807) is 0 Å². The maximum Gasteiger partial charge on any atom is 0.318 e. The fraction of sp³-hybridized carbons (Fsp3) is 0.381. The van der Waals surface area contributed by atoms with Gasteiger partial charge in [0.25, 0.3) is 0 Å². The highest BCUT2D eigenvalue weighted by atomic mass is 35.5. The first kappa shape index (κ1) is 20.3. The van der Waals surface area contributed by atoms with Gasteiger partial charge in [-0.25, -0.2) is 0 Å². The van der Waals surface area contributed by atoms with Crippen LogP contribution >= 0.6 is 0 Å². The summed E-state index contributed by atoms with van der Waals surface area (Å²) >= 11 is 0. The van der Waals surface area contributed by atoms with Crippen LogP contribution in [-0.2, 0) is 9.53 Å². The molecule has 0 unspecified atom stereocenters. The molecule has 2 aromatic carbocycles. The molecule has 0 spiro atoms. The number of para-hydroxylation sites is 2. The van der Waals surface area contributed by atoms with Crippen molar-refractivity contribution in [1.82, 2.24) is 4.90 Å². The van der Waals surface area contributed by atoms with Crippen LogP contribution in [0.4, 0.5) is 0 Å². The Morgan fingerprint density at radius 1 is 1.04 bits per heavy atom. The summed E-state index contributed by atoms with van der Waals surface area (Å²) in [6.45, 7) is 7.48. The van der Waals surface area contributed by atoms with E-state index in [0.29, 0.717) is 13.2 Å². The van der Waals surface area contributed by atoms with Crippen molar-refractivity contribution < 1.29 is 26.7 Å². The minimum absolute atomic E-state index is 0. The van der Waals surface area contributed by atoms with E-state index >= 15 is 0 Å². The Morgan fingerprint density at radius 2 is 1.54 bits per heavy atom. The maximum atomic E-state index is 12.9. The van der Waals surface area contributed by atoms with Crippen molar-refractivity contribution in [1.29, 1.82) is 0 Å². The molecule has 5 heteroatoms. The highest BCUT2D eigenvalue weighted by molar-refractivity contribution is 5.85. The Balaban J connectivity index is 0.00000243. The molecule has 0 fully saturated rings. The van der Waals surface area contributed by atoms with Gasteiger partial charge in [-0.3, -0.25) is 9.69 Å². The third kappa shape index (κ3) is 4.19. The molecule has 1 aliphatic heterocycles. The number of hydrogen-bond donors (Lipinski definition) is 0. The van der Waals surface area contributed by atoms with Gasteiger partial charge >= 0.3 is 5.97 Å². The number of fused-ring (bicyclic) bond motifs is 2. The molecule has 140 valence electrons. The highest BCUT2D eigenvalue weighted by Gasteiger charge is 2.33. The number of hydrogen-bond acceptors (Lipinski definition) is 4. The van der Waals surface area contributed by atoms with Gasteiger partial charge in [0.15, 0.2) is 0 Å². The number of ether oxygens (including phenoxy) is 2. The van der Waals surface area contributed by atoms with E-state index in [1.165, 1.54) is 0 Å². The number of halogens is 1. The fourth-order valence-corrected chi connectivity index (χ4v) is 2.87. The molecule has 0 saturated heterocycles. The van der Waals surface area contributed by atoms with Crippen LogP contribution in [-0.4, -0.2) is 36.6 Å². The van der Waals surface area contributed by atoms with Crippen molar-refractivity contribution >= 4 is 5.97 Å². The number of likely N-dealkylation sites (N-methyl/N-ethyl adjacent to an activating group) is 1. The molecule has 1 heterocycles. The summed E-state index contributed by atoms with van der Waals surface area (Å²) in [6, 6.07) is 15.3. The summed E-state index contributed by atoms with van der Waals surface area (Å²) in [7, 11) is 2.03. The number of carbonyl (C=O) groups excluding carboxylic acids is 1. The zero-order valence-corrected chi connectivity index (χ0v) is 16.4. The molecule has 2 aromatic rings. The number of rotatable bonds is 4. The van der Waals surface area contributed by atoms with Gasteiger partial charge in [0.2, 0.25) is 0 Å². The van der Waals surface area contributed by atoms with E-state index in [0.717, 1.165) is 22.6 Å². The van der Waals surface area contributed by atoms with Gasteiger partial charge in [-0.1, -0.05) is 36.4 Å². The average molecular weight is 375 g/mol. The standard InChI is InChI=1S/C21H25NO3.ClH/c1-21(2,3)22(4)13-14-24-20(23)19-15-9-5-7-11-17(15)25-18-12-8-6-10-16(18)19;/h5-12,19H,13-14H2,1-4H3;1H/p-1. The van der Waals surface area contributed by atoms with Crippen molar-refractivity contribution in [2.45, 2.75) is 32.2 Å². The second-order valence-corrected chi connectivity index (χ2v) is 7.37. The summed E-state index contributed by atoms with van der Waals surface area (Å²) in [6.07, 6.45) is 0. The lowest BCUT2D eigenvalue weighted by molar-refractivity contribution is -0.145. The number of nitrogens with zero attached hydrogens (tertiary/aromatic N) is 1. The maximum absolute atomic E-state index is 12.9. The quantitative estimate of drug-likeness (QED) is 0.754. The minimum Gasteiger partial charge on any atom is -1.00 e. The molecule has 3 rings (SSSR count). The van der Waals surface area contributed by atoms with Crippen LogP contribution in [0.1, 0.15) is 37.8 Å². The average Bonchev–Trinajstić information content (AvgIpc) is 2.58. The van der Waals surface area contributed by atoms with Crippen LogP contribution in [0.3, 0.4) is 0 Å². The van der Waals surface area contributed by atoms with Crippen molar-refractivity contribution in [2.75, 3.05) is 20.2 Å². The van der Waals surface area contributed by atoms with E-state index in [4.69, 9.17) is 9.47 Å². The Morgan fingerprint density at radius 3 is 2.04 bits per heavy atom.